The number of amides is 2. The van der Waals surface area contributed by atoms with E-state index in [1.165, 1.54) is 0 Å². The number of urea groups is 1. The number of hydrogen-bond donors (Lipinski definition) is 2. The lowest BCUT2D eigenvalue weighted by molar-refractivity contribution is -0.137. The molecule has 0 saturated carbocycles. The van der Waals surface area contributed by atoms with E-state index in [4.69, 9.17) is 0 Å². The lowest BCUT2D eigenvalue weighted by Gasteiger charge is -2.10. The van der Waals surface area contributed by atoms with Crippen LogP contribution in [0.4, 0.5) is 38.1 Å². The largest absolute Gasteiger partial charge is 0.416 e. The van der Waals surface area contributed by atoms with Gasteiger partial charge in [0.05, 0.1) is 5.56 Å². The van der Waals surface area contributed by atoms with Crippen LogP contribution in [0.15, 0.2) is 42.5 Å². The maximum absolute atomic E-state index is 13.0. The van der Waals surface area contributed by atoms with Crippen LogP contribution in [0.3, 0.4) is 0 Å². The zero-order chi connectivity index (χ0) is 16.3. The van der Waals surface area contributed by atoms with Crippen LogP contribution in [0.2, 0.25) is 0 Å². The molecule has 0 aliphatic carbocycles. The molecular weight excluding hydrogens is 307 g/mol. The predicted molar refractivity (Wildman–Crippen MR) is 70.4 cm³/mol. The van der Waals surface area contributed by atoms with Crippen LogP contribution in [-0.2, 0) is 6.18 Å². The summed E-state index contributed by atoms with van der Waals surface area (Å²) in [7, 11) is 0. The van der Waals surface area contributed by atoms with Crippen molar-refractivity contribution in [3.63, 3.8) is 0 Å². The number of halogens is 5. The van der Waals surface area contributed by atoms with Gasteiger partial charge in [-0.3, -0.25) is 0 Å². The van der Waals surface area contributed by atoms with Gasteiger partial charge >= 0.3 is 12.2 Å². The summed E-state index contributed by atoms with van der Waals surface area (Å²) in [6.45, 7) is 0. The van der Waals surface area contributed by atoms with Gasteiger partial charge in [0.15, 0.2) is 11.6 Å². The third-order valence-electron chi connectivity index (χ3n) is 2.65. The number of hydrogen-bond acceptors (Lipinski definition) is 1. The van der Waals surface area contributed by atoms with Crippen molar-refractivity contribution in [1.29, 1.82) is 0 Å². The van der Waals surface area contributed by atoms with Crippen LogP contribution < -0.4 is 10.6 Å². The van der Waals surface area contributed by atoms with E-state index in [0.717, 1.165) is 42.5 Å². The van der Waals surface area contributed by atoms with E-state index in [1.54, 1.807) is 0 Å². The average molecular weight is 316 g/mol. The second kappa shape index (κ2) is 6.00. The smallest absolute Gasteiger partial charge is 0.308 e. The molecule has 2 amide bonds. The number of benzene rings is 2. The maximum Gasteiger partial charge on any atom is 0.416 e. The molecule has 8 heteroatoms. The van der Waals surface area contributed by atoms with Crippen molar-refractivity contribution in [3.8, 4) is 0 Å². The quantitative estimate of drug-likeness (QED) is 0.779. The zero-order valence-corrected chi connectivity index (χ0v) is 10.8. The minimum absolute atomic E-state index is 0.00307. The fourth-order valence-corrected chi connectivity index (χ4v) is 1.61. The van der Waals surface area contributed by atoms with E-state index in [9.17, 15) is 26.7 Å². The fourth-order valence-electron chi connectivity index (χ4n) is 1.61. The number of carbonyl (C=O) groups excluding carboxylic acids is 1. The highest BCUT2D eigenvalue weighted by atomic mass is 19.4. The summed E-state index contributed by atoms with van der Waals surface area (Å²) in [5.41, 5.74) is -0.726. The average Bonchev–Trinajstić information content (AvgIpc) is 2.42. The van der Waals surface area contributed by atoms with Gasteiger partial charge in [-0.1, -0.05) is 0 Å². The highest BCUT2D eigenvalue weighted by Crippen LogP contribution is 2.29. The van der Waals surface area contributed by atoms with Crippen molar-refractivity contribution in [3.05, 3.63) is 59.7 Å². The SMILES string of the molecule is O=C(Nc1ccc(C(F)(F)F)cc1)Nc1ccc(F)c(F)c1. The summed E-state index contributed by atoms with van der Waals surface area (Å²) < 4.78 is 62.8. The second-order valence-corrected chi connectivity index (χ2v) is 4.28. The van der Waals surface area contributed by atoms with Gasteiger partial charge in [-0.2, -0.15) is 13.2 Å². The molecule has 0 aliphatic rings. The minimum Gasteiger partial charge on any atom is -0.308 e. The van der Waals surface area contributed by atoms with Gasteiger partial charge in [0.1, 0.15) is 0 Å². The van der Waals surface area contributed by atoms with E-state index in [0.29, 0.717) is 0 Å². The Morgan fingerprint density at radius 1 is 0.818 bits per heavy atom. The standard InChI is InChI=1S/C14H9F5N2O/c15-11-6-5-10(7-12(11)16)21-13(22)20-9-3-1-8(2-4-9)14(17,18)19/h1-7H,(H2,20,21,22). The number of nitrogens with one attached hydrogen (secondary N) is 2. The molecule has 0 aromatic heterocycles. The number of carbonyl (C=O) groups is 1. The summed E-state index contributed by atoms with van der Waals surface area (Å²) in [5.74, 6) is -2.19. The normalized spacial score (nSPS) is 11.1. The Bertz CT molecular complexity index is 683. The van der Waals surface area contributed by atoms with E-state index in [-0.39, 0.29) is 11.4 Å². The molecule has 0 fully saturated rings. The Hall–Kier alpha value is -2.64. The lowest BCUT2D eigenvalue weighted by atomic mass is 10.2. The van der Waals surface area contributed by atoms with Gasteiger partial charge in [-0.15, -0.1) is 0 Å². The zero-order valence-electron chi connectivity index (χ0n) is 10.8. The molecule has 0 spiro atoms. The molecule has 2 aromatic rings. The van der Waals surface area contributed by atoms with E-state index < -0.39 is 29.4 Å². The molecule has 3 nitrogen and oxygen atoms in total. The molecule has 2 N–H and O–H groups in total. The van der Waals surface area contributed by atoms with Crippen molar-refractivity contribution < 1.29 is 26.7 Å². The molecule has 0 bridgehead atoms. The van der Waals surface area contributed by atoms with Crippen LogP contribution in [0.5, 0.6) is 0 Å². The first-order chi connectivity index (χ1) is 10.3. The minimum atomic E-state index is -4.47. The molecule has 0 aliphatic heterocycles. The van der Waals surface area contributed by atoms with Gasteiger partial charge in [0.2, 0.25) is 0 Å². The van der Waals surface area contributed by atoms with Gasteiger partial charge in [0, 0.05) is 17.4 Å². The van der Waals surface area contributed by atoms with Crippen molar-refractivity contribution >= 4 is 17.4 Å². The molecular formula is C14H9F5N2O. The van der Waals surface area contributed by atoms with Crippen molar-refractivity contribution in [1.82, 2.24) is 0 Å². The molecule has 0 unspecified atom stereocenters. The van der Waals surface area contributed by atoms with Crippen molar-refractivity contribution in [2.45, 2.75) is 6.18 Å². The Balaban J connectivity index is 2.01. The first-order valence-corrected chi connectivity index (χ1v) is 5.96. The van der Waals surface area contributed by atoms with E-state index >= 15 is 0 Å². The van der Waals surface area contributed by atoms with Crippen LogP contribution in [0, 0.1) is 11.6 Å². The van der Waals surface area contributed by atoms with E-state index in [2.05, 4.69) is 10.6 Å². The highest BCUT2D eigenvalue weighted by Gasteiger charge is 2.29. The number of anilines is 2. The van der Waals surface area contributed by atoms with Gasteiger partial charge in [-0.05, 0) is 36.4 Å². The summed E-state index contributed by atoms with van der Waals surface area (Å²) in [5, 5.41) is 4.49. The summed E-state index contributed by atoms with van der Waals surface area (Å²) in [6, 6.07) is 5.74. The number of rotatable bonds is 2. The van der Waals surface area contributed by atoms with E-state index in [1.807, 2.05) is 0 Å². The van der Waals surface area contributed by atoms with Crippen molar-refractivity contribution in [2.24, 2.45) is 0 Å². The highest BCUT2D eigenvalue weighted by molar-refractivity contribution is 5.99. The molecule has 0 atom stereocenters. The Morgan fingerprint density at radius 3 is 1.91 bits per heavy atom. The molecule has 22 heavy (non-hydrogen) atoms. The molecule has 116 valence electrons. The Morgan fingerprint density at radius 2 is 1.36 bits per heavy atom. The lowest BCUT2D eigenvalue weighted by Crippen LogP contribution is -2.19. The first kappa shape index (κ1) is 15.7. The Labute approximate surface area is 121 Å². The summed E-state index contributed by atoms with van der Waals surface area (Å²) in [4.78, 5) is 11.6. The van der Waals surface area contributed by atoms with Crippen molar-refractivity contribution in [2.75, 3.05) is 10.6 Å². The molecule has 0 heterocycles. The second-order valence-electron chi connectivity index (χ2n) is 4.28. The predicted octanol–water partition coefficient (Wildman–Crippen LogP) is 4.63. The van der Waals surface area contributed by atoms with Gasteiger partial charge < -0.3 is 10.6 Å². The first-order valence-electron chi connectivity index (χ1n) is 5.96. The monoisotopic (exact) mass is 316 g/mol. The summed E-state index contributed by atoms with van der Waals surface area (Å²) in [6.07, 6.45) is -4.47. The topological polar surface area (TPSA) is 41.1 Å². The molecule has 0 radical (unpaired) electrons. The summed E-state index contributed by atoms with van der Waals surface area (Å²) >= 11 is 0. The maximum atomic E-state index is 13.0. The van der Waals surface area contributed by atoms with Crippen LogP contribution in [-0.4, -0.2) is 6.03 Å². The fraction of sp³-hybridized carbons (Fsp3) is 0.0714. The molecule has 2 aromatic carbocycles. The van der Waals surface area contributed by atoms with Gasteiger partial charge in [0.25, 0.3) is 0 Å². The van der Waals surface area contributed by atoms with Gasteiger partial charge in [-0.25, -0.2) is 13.6 Å². The van der Waals surface area contributed by atoms with Crippen LogP contribution in [0.1, 0.15) is 5.56 Å². The molecule has 2 rings (SSSR count). The third kappa shape index (κ3) is 3.94. The van der Waals surface area contributed by atoms with Crippen LogP contribution >= 0.6 is 0 Å². The third-order valence-corrected chi connectivity index (χ3v) is 2.65. The number of alkyl halides is 3. The Kier molecular flexibility index (Phi) is 4.30. The molecule has 0 saturated heterocycles. The van der Waals surface area contributed by atoms with Crippen LogP contribution in [0.25, 0.3) is 0 Å².